The lowest BCUT2D eigenvalue weighted by atomic mass is 10.4. The van der Waals surface area contributed by atoms with E-state index in [0.29, 0.717) is 0 Å². The molecular weight excluding hydrogens is 356 g/mol. The van der Waals surface area contributed by atoms with E-state index in [0.717, 1.165) is 14.7 Å². The summed E-state index contributed by atoms with van der Waals surface area (Å²) >= 11 is 0. The van der Waals surface area contributed by atoms with Crippen LogP contribution in [0.2, 0.25) is 0 Å². The molecule has 0 unspecified atom stereocenters. The fourth-order valence-electron chi connectivity index (χ4n) is 2.81. The van der Waals surface area contributed by atoms with Gasteiger partial charge in [-0.15, -0.1) is 10.0 Å². The van der Waals surface area contributed by atoms with E-state index in [4.69, 9.17) is 0 Å². The Labute approximate surface area is 175 Å². The Balaban J connectivity index is 7.75. The van der Waals surface area contributed by atoms with Crippen molar-refractivity contribution in [1.82, 2.24) is 0 Å². The number of rotatable bonds is 11. The van der Waals surface area contributed by atoms with Crippen LogP contribution in [-0.4, -0.2) is 0 Å². The Morgan fingerprint density at radius 2 is 0.893 bits per heavy atom. The predicted octanol–water partition coefficient (Wildman–Crippen LogP) is 9.21. The second-order valence-corrected chi connectivity index (χ2v) is 8.81. The SMILES string of the molecule is C=C/C(=C\C=C/C)S(/C(C=C)=C/C=C\C)(/C(C=C)=C/C=C\C)C(/C=C\C)=C/C. The van der Waals surface area contributed by atoms with Gasteiger partial charge < -0.3 is 0 Å². The first kappa shape index (κ1) is 25.5. The predicted molar refractivity (Wildman–Crippen MR) is 135 cm³/mol. The van der Waals surface area contributed by atoms with Crippen molar-refractivity contribution in [2.24, 2.45) is 0 Å². The highest BCUT2D eigenvalue weighted by Crippen LogP contribution is 2.74. The average Bonchev–Trinajstić information content (AvgIpc) is 2.72. The zero-order chi connectivity index (χ0) is 21.4. The van der Waals surface area contributed by atoms with E-state index in [1.165, 1.54) is 4.91 Å². The van der Waals surface area contributed by atoms with Gasteiger partial charge >= 0.3 is 0 Å². The maximum absolute atomic E-state index is 4.16. The summed E-state index contributed by atoms with van der Waals surface area (Å²) in [6.07, 6.45) is 31.1. The summed E-state index contributed by atoms with van der Waals surface area (Å²) in [6.45, 7) is 22.7. The summed E-state index contributed by atoms with van der Waals surface area (Å²) in [5.41, 5.74) is 0. The summed E-state index contributed by atoms with van der Waals surface area (Å²) in [5.74, 6) is 0. The molecule has 0 aromatic heterocycles. The number of hydrogen-bond donors (Lipinski definition) is 0. The minimum absolute atomic E-state index is 1.14. The molecule has 0 N–H and O–H groups in total. The second kappa shape index (κ2) is 14.5. The minimum Gasteiger partial charge on any atom is -0.133 e. The smallest absolute Gasteiger partial charge is 0.00168 e. The molecule has 0 aromatic carbocycles. The van der Waals surface area contributed by atoms with Gasteiger partial charge in [0.2, 0.25) is 0 Å². The Kier molecular flexibility index (Phi) is 13.2. The van der Waals surface area contributed by atoms with E-state index < -0.39 is 10.0 Å². The lowest BCUT2D eigenvalue weighted by Gasteiger charge is -2.45. The highest BCUT2D eigenvalue weighted by molar-refractivity contribution is 8.46. The van der Waals surface area contributed by atoms with Crippen LogP contribution in [0.15, 0.2) is 130 Å². The molecule has 0 aliphatic heterocycles. The molecule has 0 atom stereocenters. The van der Waals surface area contributed by atoms with E-state index in [9.17, 15) is 0 Å². The standard InChI is InChI=1S/C27H36S/c1-9-17-21-25(14-6)28(24(13-5)20-12-4,26(15-7)22-18-10-2)27(16-8)23-19-11-3/h9-23H,6-8H2,1-5H3/b17-9-,18-10-,19-11-,20-12-,24-13+,25-21+,26-22+,27-23+. The van der Waals surface area contributed by atoms with Gasteiger partial charge in [-0.3, -0.25) is 0 Å². The van der Waals surface area contributed by atoms with Gasteiger partial charge in [-0.1, -0.05) is 92.6 Å². The molecule has 0 amide bonds. The molecule has 0 nitrogen and oxygen atoms in total. The van der Waals surface area contributed by atoms with Gasteiger partial charge in [-0.25, -0.2) is 0 Å². The third-order valence-electron chi connectivity index (χ3n) is 3.99. The Morgan fingerprint density at radius 3 is 1.11 bits per heavy atom. The van der Waals surface area contributed by atoms with Gasteiger partial charge in [0.1, 0.15) is 0 Å². The zero-order valence-corrected chi connectivity index (χ0v) is 19.0. The first-order chi connectivity index (χ1) is 13.6. The monoisotopic (exact) mass is 392 g/mol. The van der Waals surface area contributed by atoms with Gasteiger partial charge in [-0.2, -0.15) is 0 Å². The average molecular weight is 393 g/mol. The summed E-state index contributed by atoms with van der Waals surface area (Å²) in [5, 5.41) is 0. The number of hydrogen-bond acceptors (Lipinski definition) is 0. The molecule has 1 heteroatoms. The van der Waals surface area contributed by atoms with Crippen molar-refractivity contribution in [3.8, 4) is 0 Å². The second-order valence-electron chi connectivity index (χ2n) is 5.70. The molecule has 28 heavy (non-hydrogen) atoms. The van der Waals surface area contributed by atoms with Gasteiger partial charge in [-0.05, 0) is 57.8 Å². The van der Waals surface area contributed by atoms with Crippen LogP contribution in [-0.2, 0) is 0 Å². The van der Waals surface area contributed by atoms with Crippen LogP contribution in [0.5, 0.6) is 0 Å². The molecule has 0 fully saturated rings. The maximum Gasteiger partial charge on any atom is 0.00168 e. The largest absolute Gasteiger partial charge is 0.133 e. The third kappa shape index (κ3) is 6.00. The molecule has 0 aliphatic rings. The maximum atomic E-state index is 4.16. The van der Waals surface area contributed by atoms with Crippen LogP contribution in [0.3, 0.4) is 0 Å². The Hall–Kier alpha value is -2.51. The molecule has 150 valence electrons. The molecule has 0 saturated heterocycles. The zero-order valence-electron chi connectivity index (χ0n) is 18.2. The van der Waals surface area contributed by atoms with Crippen LogP contribution in [0.1, 0.15) is 34.6 Å². The molecule has 0 saturated carbocycles. The molecule has 0 heterocycles. The van der Waals surface area contributed by atoms with Crippen molar-refractivity contribution in [2.75, 3.05) is 0 Å². The van der Waals surface area contributed by atoms with E-state index in [-0.39, 0.29) is 0 Å². The normalized spacial score (nSPS) is 15.9. The Morgan fingerprint density at radius 1 is 0.536 bits per heavy atom. The summed E-state index contributed by atoms with van der Waals surface area (Å²) in [7, 11) is -1.79. The van der Waals surface area contributed by atoms with Gasteiger partial charge in [0.25, 0.3) is 0 Å². The van der Waals surface area contributed by atoms with E-state index in [2.05, 4.69) is 81.3 Å². The van der Waals surface area contributed by atoms with Crippen LogP contribution in [0, 0.1) is 0 Å². The van der Waals surface area contributed by atoms with Crippen LogP contribution in [0.4, 0.5) is 0 Å². The van der Waals surface area contributed by atoms with Crippen molar-refractivity contribution in [2.45, 2.75) is 34.6 Å². The highest BCUT2D eigenvalue weighted by atomic mass is 32.3. The lowest BCUT2D eigenvalue weighted by molar-refractivity contribution is 1.62. The van der Waals surface area contributed by atoms with Crippen molar-refractivity contribution >= 4 is 10.0 Å². The summed E-state index contributed by atoms with van der Waals surface area (Å²) in [6, 6.07) is 0. The summed E-state index contributed by atoms with van der Waals surface area (Å²) < 4.78 is 0. The van der Waals surface area contributed by atoms with Gasteiger partial charge in [0.05, 0.1) is 0 Å². The van der Waals surface area contributed by atoms with E-state index in [1.807, 2.05) is 64.2 Å². The van der Waals surface area contributed by atoms with Crippen LogP contribution >= 0.6 is 10.0 Å². The molecule has 0 aliphatic carbocycles. The van der Waals surface area contributed by atoms with Crippen molar-refractivity contribution in [1.29, 1.82) is 0 Å². The minimum atomic E-state index is -1.79. The molecule has 0 radical (unpaired) electrons. The lowest BCUT2D eigenvalue weighted by Crippen LogP contribution is -2.09. The molecule has 0 rings (SSSR count). The fraction of sp³-hybridized carbons (Fsp3) is 0.185. The first-order valence-electron chi connectivity index (χ1n) is 9.57. The van der Waals surface area contributed by atoms with Crippen molar-refractivity contribution in [3.05, 3.63) is 130 Å². The highest BCUT2D eigenvalue weighted by Gasteiger charge is 2.35. The van der Waals surface area contributed by atoms with E-state index >= 15 is 0 Å². The third-order valence-corrected chi connectivity index (χ3v) is 8.10. The molecule has 0 aromatic rings. The fourth-order valence-corrected chi connectivity index (χ4v) is 6.74. The van der Waals surface area contributed by atoms with E-state index in [1.54, 1.807) is 0 Å². The van der Waals surface area contributed by atoms with Crippen LogP contribution < -0.4 is 0 Å². The van der Waals surface area contributed by atoms with Gasteiger partial charge in [0.15, 0.2) is 0 Å². The Bertz CT molecular complexity index is 687. The van der Waals surface area contributed by atoms with Crippen molar-refractivity contribution in [3.63, 3.8) is 0 Å². The number of allylic oxidation sites excluding steroid dienone is 15. The molecular formula is C27H36S. The molecule has 0 spiro atoms. The van der Waals surface area contributed by atoms with Gasteiger partial charge in [0, 0.05) is 14.7 Å². The quantitative estimate of drug-likeness (QED) is 0.307. The molecule has 0 bridgehead atoms. The topological polar surface area (TPSA) is 0 Å². The summed E-state index contributed by atoms with van der Waals surface area (Å²) in [4.78, 5) is 4.64. The van der Waals surface area contributed by atoms with Crippen LogP contribution in [0.25, 0.3) is 0 Å². The van der Waals surface area contributed by atoms with Crippen molar-refractivity contribution < 1.29 is 0 Å². The first-order valence-corrected chi connectivity index (χ1v) is 11.2.